The highest BCUT2D eigenvalue weighted by Crippen LogP contribution is 2.34. The number of benzene rings is 3. The van der Waals surface area contributed by atoms with E-state index in [9.17, 15) is 9.18 Å². The van der Waals surface area contributed by atoms with Gasteiger partial charge in [0.1, 0.15) is 17.3 Å². The Morgan fingerprint density at radius 3 is 2.33 bits per heavy atom. The quantitative estimate of drug-likeness (QED) is 0.183. The zero-order chi connectivity index (χ0) is 28.1. The van der Waals surface area contributed by atoms with E-state index in [0.717, 1.165) is 5.56 Å². The Bertz CT molecular complexity index is 2010. The van der Waals surface area contributed by atoms with Crippen molar-refractivity contribution >= 4 is 81.1 Å². The second-order valence-electron chi connectivity index (χ2n) is 8.80. The number of aromatic nitrogens is 1. The molecule has 11 heteroatoms. The first kappa shape index (κ1) is 27.3. The highest BCUT2D eigenvalue weighted by atomic mass is 35.5. The first-order chi connectivity index (χ1) is 19.2. The standard InChI is InChI=1S/C29H14Cl5FN2O2S/c30-15-3-1-14(2-4-15)25-13-24(19-11-23(35)22(34)12-21(19)33)36-29-37(25)28(38)27(40-29)10-17-6-8-26(39-17)18-7-5-16(31)9-20(18)32/h1-13,25H/b27-10-/t25-/m1/s1. The summed E-state index contributed by atoms with van der Waals surface area (Å²) in [4.78, 5) is 18.8. The predicted octanol–water partition coefficient (Wildman–Crippen LogP) is 8.67. The van der Waals surface area contributed by atoms with Gasteiger partial charge in [-0.05, 0) is 66.2 Å². The summed E-state index contributed by atoms with van der Waals surface area (Å²) in [6.45, 7) is 0. The molecular weight excluding hydrogens is 637 g/mol. The monoisotopic (exact) mass is 648 g/mol. The molecule has 0 radical (unpaired) electrons. The van der Waals surface area contributed by atoms with Crippen LogP contribution < -0.4 is 14.9 Å². The van der Waals surface area contributed by atoms with Crippen molar-refractivity contribution in [2.24, 2.45) is 4.99 Å². The van der Waals surface area contributed by atoms with Crippen LogP contribution in [0.5, 0.6) is 0 Å². The molecule has 0 saturated carbocycles. The Balaban J connectivity index is 1.50. The van der Waals surface area contributed by atoms with Crippen molar-refractivity contribution in [3.8, 4) is 11.3 Å². The van der Waals surface area contributed by atoms with Crippen LogP contribution in [0.25, 0.3) is 23.1 Å². The molecule has 1 aliphatic rings. The maximum atomic E-state index is 14.4. The summed E-state index contributed by atoms with van der Waals surface area (Å²) in [6.07, 6.45) is 3.41. The van der Waals surface area contributed by atoms with Gasteiger partial charge < -0.3 is 4.42 Å². The van der Waals surface area contributed by atoms with Gasteiger partial charge in [0.05, 0.1) is 31.3 Å². The lowest BCUT2D eigenvalue weighted by Gasteiger charge is -2.20. The molecule has 4 nitrogen and oxygen atoms in total. The Kier molecular flexibility index (Phi) is 7.42. The van der Waals surface area contributed by atoms with Gasteiger partial charge >= 0.3 is 0 Å². The van der Waals surface area contributed by atoms with Gasteiger partial charge in [-0.25, -0.2) is 9.38 Å². The van der Waals surface area contributed by atoms with Gasteiger partial charge in [-0.15, -0.1) is 0 Å². The number of rotatable bonds is 4. The summed E-state index contributed by atoms with van der Waals surface area (Å²) in [7, 11) is 0. The van der Waals surface area contributed by atoms with Gasteiger partial charge in [0.2, 0.25) is 0 Å². The average molecular weight is 651 g/mol. The van der Waals surface area contributed by atoms with Gasteiger partial charge in [-0.3, -0.25) is 9.36 Å². The van der Waals surface area contributed by atoms with Crippen molar-refractivity contribution in [2.45, 2.75) is 6.04 Å². The van der Waals surface area contributed by atoms with Gasteiger partial charge in [-0.1, -0.05) is 81.5 Å². The zero-order valence-corrected chi connectivity index (χ0v) is 24.6. The lowest BCUT2D eigenvalue weighted by Crippen LogP contribution is -2.36. The van der Waals surface area contributed by atoms with E-state index in [2.05, 4.69) is 4.99 Å². The molecule has 3 heterocycles. The molecule has 1 aliphatic heterocycles. The first-order valence-corrected chi connectivity index (χ1v) is 14.4. The van der Waals surface area contributed by atoms with E-state index < -0.39 is 11.9 Å². The average Bonchev–Trinajstić information content (AvgIpc) is 3.50. The lowest BCUT2D eigenvalue weighted by atomic mass is 10.0. The Morgan fingerprint density at radius 1 is 0.850 bits per heavy atom. The van der Waals surface area contributed by atoms with Crippen molar-refractivity contribution in [1.29, 1.82) is 0 Å². The molecule has 5 aromatic rings. The number of hydrogen-bond acceptors (Lipinski definition) is 4. The fraction of sp³-hybridized carbons (Fsp3) is 0.0345. The van der Waals surface area contributed by atoms with E-state index in [-0.39, 0.29) is 15.6 Å². The maximum Gasteiger partial charge on any atom is 0.271 e. The molecule has 0 amide bonds. The molecule has 40 heavy (non-hydrogen) atoms. The number of allylic oxidation sites excluding steroid dienone is 1. The third-order valence-electron chi connectivity index (χ3n) is 6.24. The van der Waals surface area contributed by atoms with E-state index in [1.54, 1.807) is 59.2 Å². The molecule has 0 unspecified atom stereocenters. The summed E-state index contributed by atoms with van der Waals surface area (Å²) in [5.41, 5.74) is 1.95. The van der Waals surface area contributed by atoms with Crippen LogP contribution in [0.4, 0.5) is 4.39 Å². The largest absolute Gasteiger partial charge is 0.457 e. The number of fused-ring (bicyclic) bond motifs is 1. The summed E-state index contributed by atoms with van der Waals surface area (Å²) in [5, 5.41) is 1.65. The zero-order valence-electron chi connectivity index (χ0n) is 20.0. The van der Waals surface area contributed by atoms with Crippen molar-refractivity contribution in [3.63, 3.8) is 0 Å². The van der Waals surface area contributed by atoms with Gasteiger partial charge in [0, 0.05) is 27.2 Å². The molecule has 0 saturated heterocycles. The summed E-state index contributed by atoms with van der Waals surface area (Å²) < 4.78 is 22.3. The highest BCUT2D eigenvalue weighted by Gasteiger charge is 2.24. The Labute approximate surface area is 255 Å². The third-order valence-corrected chi connectivity index (χ3v) is 8.63. The maximum absolute atomic E-state index is 14.4. The summed E-state index contributed by atoms with van der Waals surface area (Å²) >= 11 is 32.0. The normalized spacial score (nSPS) is 15.1. The Hall–Kier alpha value is -2.84. The van der Waals surface area contributed by atoms with Crippen LogP contribution in [0, 0.1) is 5.82 Å². The fourth-order valence-corrected chi connectivity index (χ4v) is 6.45. The number of thiazole rings is 1. The second-order valence-corrected chi connectivity index (χ2v) is 11.9. The molecule has 0 spiro atoms. The van der Waals surface area contributed by atoms with Crippen LogP contribution in [0.2, 0.25) is 25.1 Å². The van der Waals surface area contributed by atoms with Crippen LogP contribution in [0.3, 0.4) is 0 Å². The topological polar surface area (TPSA) is 47.5 Å². The number of nitrogens with zero attached hydrogens (tertiary/aromatic N) is 2. The van der Waals surface area contributed by atoms with Crippen molar-refractivity contribution in [2.75, 3.05) is 0 Å². The molecule has 1 atom stereocenters. The molecule has 0 fully saturated rings. The highest BCUT2D eigenvalue weighted by molar-refractivity contribution is 7.07. The van der Waals surface area contributed by atoms with Crippen molar-refractivity contribution in [3.05, 3.63) is 140 Å². The van der Waals surface area contributed by atoms with Crippen LogP contribution in [0.1, 0.15) is 22.9 Å². The smallest absolute Gasteiger partial charge is 0.271 e. The molecule has 0 aliphatic carbocycles. The van der Waals surface area contributed by atoms with Crippen molar-refractivity contribution in [1.82, 2.24) is 4.57 Å². The molecule has 200 valence electrons. The number of furan rings is 1. The molecule has 3 aromatic carbocycles. The van der Waals surface area contributed by atoms with Gasteiger partial charge in [0.15, 0.2) is 4.80 Å². The van der Waals surface area contributed by atoms with E-state index in [4.69, 9.17) is 62.4 Å². The number of halogens is 6. The van der Waals surface area contributed by atoms with Crippen molar-refractivity contribution < 1.29 is 8.81 Å². The minimum absolute atomic E-state index is 0.0953. The molecule has 0 bridgehead atoms. The number of hydrogen-bond donors (Lipinski definition) is 0. The van der Waals surface area contributed by atoms with Crippen LogP contribution in [0.15, 0.2) is 87.0 Å². The molecule has 0 N–H and O–H groups in total. The van der Waals surface area contributed by atoms with E-state index in [1.165, 1.54) is 23.5 Å². The third kappa shape index (κ3) is 5.16. The van der Waals surface area contributed by atoms with Crippen LogP contribution >= 0.6 is 69.3 Å². The van der Waals surface area contributed by atoms with Gasteiger partial charge in [0.25, 0.3) is 5.56 Å². The molecular formula is C29H14Cl5FN2O2S. The first-order valence-electron chi connectivity index (χ1n) is 11.7. The molecule has 6 rings (SSSR count). The lowest BCUT2D eigenvalue weighted by molar-refractivity contribution is 0.571. The SMILES string of the molecule is O=c1/c(=C/c2ccc(-c3ccc(Cl)cc3Cl)o2)sc2n1[C@@H](c1ccc(Cl)cc1)C=C(c1cc(F)c(Cl)cc1Cl)N=2. The van der Waals surface area contributed by atoms with Crippen LogP contribution in [-0.4, -0.2) is 4.57 Å². The minimum atomic E-state index is -0.627. The minimum Gasteiger partial charge on any atom is -0.457 e. The van der Waals surface area contributed by atoms with E-state index >= 15 is 0 Å². The fourth-order valence-electron chi connectivity index (χ4n) is 4.34. The van der Waals surface area contributed by atoms with E-state index in [1.807, 2.05) is 12.1 Å². The van der Waals surface area contributed by atoms with E-state index in [0.29, 0.717) is 52.7 Å². The Morgan fingerprint density at radius 2 is 1.57 bits per heavy atom. The second kappa shape index (κ2) is 10.9. The van der Waals surface area contributed by atoms with Crippen LogP contribution in [-0.2, 0) is 0 Å². The summed E-state index contributed by atoms with van der Waals surface area (Å²) in [5.74, 6) is 0.357. The summed E-state index contributed by atoms with van der Waals surface area (Å²) in [6, 6.07) is 17.8. The predicted molar refractivity (Wildman–Crippen MR) is 161 cm³/mol. The molecule has 2 aromatic heterocycles. The van der Waals surface area contributed by atoms with Gasteiger partial charge in [-0.2, -0.15) is 0 Å².